The topological polar surface area (TPSA) is 111 Å². The second kappa shape index (κ2) is 9.55. The Balaban J connectivity index is 1.71. The summed E-state index contributed by atoms with van der Waals surface area (Å²) in [4.78, 5) is 38.8. The second-order valence-corrected chi connectivity index (χ2v) is 8.63. The Labute approximate surface area is 189 Å². The maximum Gasteiger partial charge on any atom is 0.410 e. The van der Waals surface area contributed by atoms with Gasteiger partial charge in [-0.05, 0) is 39.3 Å². The molecule has 11 heteroatoms. The smallest absolute Gasteiger partial charge is 0.410 e. The van der Waals surface area contributed by atoms with Gasteiger partial charge in [0.15, 0.2) is 11.5 Å². The fourth-order valence-corrected chi connectivity index (χ4v) is 3.45. The summed E-state index contributed by atoms with van der Waals surface area (Å²) in [5, 5.41) is 6.35. The zero-order valence-corrected chi connectivity index (χ0v) is 18.7. The van der Waals surface area contributed by atoms with Crippen molar-refractivity contribution in [3.63, 3.8) is 0 Å². The number of benzene rings is 1. The highest BCUT2D eigenvalue weighted by Crippen LogP contribution is 2.25. The number of aromatic nitrogens is 1. The van der Waals surface area contributed by atoms with Gasteiger partial charge in [-0.3, -0.25) is 9.59 Å². The monoisotopic (exact) mass is 465 g/mol. The summed E-state index contributed by atoms with van der Waals surface area (Å²) in [5.74, 6) is -3.75. The molecule has 9 nitrogen and oxygen atoms in total. The number of esters is 1. The van der Waals surface area contributed by atoms with Gasteiger partial charge in [0.05, 0.1) is 18.6 Å². The highest BCUT2D eigenvalue weighted by atomic mass is 19.1. The molecule has 0 radical (unpaired) electrons. The summed E-state index contributed by atoms with van der Waals surface area (Å²) in [7, 11) is 1.22. The van der Waals surface area contributed by atoms with E-state index in [1.54, 1.807) is 20.8 Å². The van der Waals surface area contributed by atoms with Crippen molar-refractivity contribution in [2.75, 3.05) is 20.2 Å². The average molecular weight is 465 g/mol. The van der Waals surface area contributed by atoms with E-state index in [0.29, 0.717) is 6.07 Å². The standard InChI is InChI=1S/C22H25F2N3O6/c1-22(2,3)32-21(30)27-8-7-16(14(11-27)20(29)31-4)25-19(28)17-10-18(33-26-17)13-6-5-12(23)9-15(13)24/h5-6,9-10,14,16H,7-8,11H2,1-4H3,(H,25,28)/t14-,16-/m1/s1. The first-order valence-corrected chi connectivity index (χ1v) is 10.3. The molecule has 33 heavy (non-hydrogen) atoms. The molecule has 2 heterocycles. The molecule has 1 aromatic heterocycles. The number of nitrogens with zero attached hydrogens (tertiary/aromatic N) is 2. The van der Waals surface area contributed by atoms with Crippen molar-refractivity contribution in [2.45, 2.75) is 38.8 Å². The zero-order valence-electron chi connectivity index (χ0n) is 18.7. The average Bonchev–Trinajstić information content (AvgIpc) is 3.22. The van der Waals surface area contributed by atoms with Crippen LogP contribution < -0.4 is 5.32 Å². The second-order valence-electron chi connectivity index (χ2n) is 8.63. The van der Waals surface area contributed by atoms with Crippen molar-refractivity contribution >= 4 is 18.0 Å². The van der Waals surface area contributed by atoms with Crippen LogP contribution >= 0.6 is 0 Å². The van der Waals surface area contributed by atoms with Crippen LogP contribution in [0.1, 0.15) is 37.7 Å². The summed E-state index contributed by atoms with van der Waals surface area (Å²) in [5.41, 5.74) is -0.898. The molecule has 1 saturated heterocycles. The molecular formula is C22H25F2N3O6. The Kier molecular flexibility index (Phi) is 6.99. The third-order valence-corrected chi connectivity index (χ3v) is 5.02. The van der Waals surface area contributed by atoms with E-state index in [1.165, 1.54) is 24.1 Å². The molecule has 2 aromatic rings. The normalized spacial score (nSPS) is 18.5. The summed E-state index contributed by atoms with van der Waals surface area (Å²) in [6, 6.07) is 3.49. The summed E-state index contributed by atoms with van der Waals surface area (Å²) >= 11 is 0. The molecular weight excluding hydrogens is 440 g/mol. The molecule has 1 aliphatic heterocycles. The maximum absolute atomic E-state index is 14.0. The fourth-order valence-electron chi connectivity index (χ4n) is 3.45. The number of amides is 2. The fraction of sp³-hybridized carbons (Fsp3) is 0.455. The SMILES string of the molecule is COC(=O)[C@@H]1CN(C(=O)OC(C)(C)C)CC[C@H]1NC(=O)c1cc(-c2ccc(F)cc2F)on1. The van der Waals surface area contributed by atoms with Crippen LogP contribution in [0.2, 0.25) is 0 Å². The van der Waals surface area contributed by atoms with Crippen LogP contribution in [-0.4, -0.2) is 59.9 Å². The molecule has 1 N–H and O–H groups in total. The molecule has 0 spiro atoms. The van der Waals surface area contributed by atoms with Gasteiger partial charge in [0, 0.05) is 31.3 Å². The van der Waals surface area contributed by atoms with Crippen LogP contribution in [0.5, 0.6) is 0 Å². The van der Waals surface area contributed by atoms with Crippen molar-refractivity contribution in [3.05, 3.63) is 41.6 Å². The van der Waals surface area contributed by atoms with Gasteiger partial charge in [0.1, 0.15) is 17.2 Å². The number of halogens is 2. The van der Waals surface area contributed by atoms with E-state index in [-0.39, 0.29) is 36.5 Å². The first-order chi connectivity index (χ1) is 15.5. The lowest BCUT2D eigenvalue weighted by Gasteiger charge is -2.37. The maximum atomic E-state index is 14.0. The van der Waals surface area contributed by atoms with E-state index in [1.807, 2.05) is 0 Å². The highest BCUT2D eigenvalue weighted by molar-refractivity contribution is 5.93. The number of hydrogen-bond donors (Lipinski definition) is 1. The minimum atomic E-state index is -0.863. The Morgan fingerprint density at radius 1 is 1.21 bits per heavy atom. The van der Waals surface area contributed by atoms with E-state index in [9.17, 15) is 23.2 Å². The number of carbonyl (C=O) groups is 3. The molecule has 0 unspecified atom stereocenters. The van der Waals surface area contributed by atoms with Crippen LogP contribution in [0.3, 0.4) is 0 Å². The van der Waals surface area contributed by atoms with Crippen molar-refractivity contribution in [2.24, 2.45) is 5.92 Å². The number of piperidine rings is 1. The quantitative estimate of drug-likeness (QED) is 0.691. The molecule has 0 bridgehead atoms. The molecule has 0 aliphatic carbocycles. The Morgan fingerprint density at radius 2 is 1.94 bits per heavy atom. The van der Waals surface area contributed by atoms with Crippen LogP contribution in [0.4, 0.5) is 13.6 Å². The molecule has 1 fully saturated rings. The van der Waals surface area contributed by atoms with E-state index in [0.717, 1.165) is 6.07 Å². The third-order valence-electron chi connectivity index (χ3n) is 5.02. The molecule has 2 amide bonds. The number of carbonyl (C=O) groups excluding carboxylic acids is 3. The zero-order chi connectivity index (χ0) is 24.3. The number of hydrogen-bond acceptors (Lipinski definition) is 7. The van der Waals surface area contributed by atoms with Gasteiger partial charge in [-0.1, -0.05) is 5.16 Å². The summed E-state index contributed by atoms with van der Waals surface area (Å²) < 4.78 is 42.3. The predicted octanol–water partition coefficient (Wildman–Crippen LogP) is 3.15. The van der Waals surface area contributed by atoms with Crippen LogP contribution in [0.15, 0.2) is 28.8 Å². The number of methoxy groups -OCH3 is 1. The number of ether oxygens (including phenoxy) is 2. The lowest BCUT2D eigenvalue weighted by atomic mass is 9.92. The summed E-state index contributed by atoms with van der Waals surface area (Å²) in [6.07, 6.45) is -0.300. The Bertz CT molecular complexity index is 1050. The third kappa shape index (κ3) is 5.85. The van der Waals surface area contributed by atoms with Crippen LogP contribution in [-0.2, 0) is 14.3 Å². The lowest BCUT2D eigenvalue weighted by Crippen LogP contribution is -2.55. The van der Waals surface area contributed by atoms with E-state index >= 15 is 0 Å². The first kappa shape index (κ1) is 24.1. The number of rotatable bonds is 4. The van der Waals surface area contributed by atoms with Crippen molar-refractivity contribution < 1.29 is 37.2 Å². The highest BCUT2D eigenvalue weighted by Gasteiger charge is 2.39. The molecule has 1 aromatic carbocycles. The van der Waals surface area contributed by atoms with E-state index < -0.39 is 47.2 Å². The van der Waals surface area contributed by atoms with Crippen molar-refractivity contribution in [1.29, 1.82) is 0 Å². The molecule has 2 atom stereocenters. The lowest BCUT2D eigenvalue weighted by molar-refractivity contribution is -0.148. The van der Waals surface area contributed by atoms with E-state index in [4.69, 9.17) is 14.0 Å². The van der Waals surface area contributed by atoms with Crippen LogP contribution in [0, 0.1) is 17.6 Å². The van der Waals surface area contributed by atoms with Gasteiger partial charge in [-0.2, -0.15) is 0 Å². The van der Waals surface area contributed by atoms with Gasteiger partial charge < -0.3 is 24.2 Å². The van der Waals surface area contributed by atoms with E-state index in [2.05, 4.69) is 10.5 Å². The Morgan fingerprint density at radius 3 is 2.58 bits per heavy atom. The van der Waals surface area contributed by atoms with Crippen LogP contribution in [0.25, 0.3) is 11.3 Å². The van der Waals surface area contributed by atoms with Crippen molar-refractivity contribution in [3.8, 4) is 11.3 Å². The number of likely N-dealkylation sites (tertiary alicyclic amines) is 1. The van der Waals surface area contributed by atoms with Gasteiger partial charge in [-0.25, -0.2) is 13.6 Å². The van der Waals surface area contributed by atoms with Crippen molar-refractivity contribution in [1.82, 2.24) is 15.4 Å². The summed E-state index contributed by atoms with van der Waals surface area (Å²) in [6.45, 7) is 5.45. The number of nitrogens with one attached hydrogen (secondary N) is 1. The predicted molar refractivity (Wildman–Crippen MR) is 111 cm³/mol. The first-order valence-electron chi connectivity index (χ1n) is 10.3. The molecule has 0 saturated carbocycles. The van der Waals surface area contributed by atoms with Gasteiger partial charge in [0.25, 0.3) is 5.91 Å². The Hall–Kier alpha value is -3.50. The minimum absolute atomic E-state index is 0.00259. The van der Waals surface area contributed by atoms with Gasteiger partial charge in [-0.15, -0.1) is 0 Å². The molecule has 1 aliphatic rings. The van der Waals surface area contributed by atoms with Gasteiger partial charge in [0.2, 0.25) is 0 Å². The largest absolute Gasteiger partial charge is 0.469 e. The molecule has 178 valence electrons. The minimum Gasteiger partial charge on any atom is -0.469 e. The molecule has 3 rings (SSSR count). The van der Waals surface area contributed by atoms with Gasteiger partial charge >= 0.3 is 12.1 Å².